The van der Waals surface area contributed by atoms with Crippen LogP contribution in [0.15, 0.2) is 146 Å². The number of anilines is 3. The molecule has 154 valence electrons. The third-order valence-corrected chi connectivity index (χ3v) is 5.57. The molecule has 5 aromatic rings. The fraction of sp³-hybridized carbons (Fsp3) is 0. The molecule has 0 saturated carbocycles. The maximum absolute atomic E-state index is 2.29. The van der Waals surface area contributed by atoms with Gasteiger partial charge in [-0.2, -0.15) is 0 Å². The molecule has 0 radical (unpaired) electrons. The smallest absolute Gasteiger partial charge is 0.141 e. The zero-order valence-corrected chi connectivity index (χ0v) is 17.8. The van der Waals surface area contributed by atoms with E-state index in [1.165, 1.54) is 22.0 Å². The van der Waals surface area contributed by atoms with E-state index in [0.29, 0.717) is 0 Å². The number of benzene rings is 5. The summed E-state index contributed by atoms with van der Waals surface area (Å²) in [6.07, 6.45) is 0. The molecule has 0 aromatic heterocycles. The van der Waals surface area contributed by atoms with Crippen molar-refractivity contribution in [2.75, 3.05) is 4.90 Å². The van der Waals surface area contributed by atoms with Crippen molar-refractivity contribution in [3.05, 3.63) is 146 Å². The molecule has 0 aliphatic heterocycles. The van der Waals surface area contributed by atoms with Crippen LogP contribution in [0.25, 0.3) is 0 Å². The predicted molar refractivity (Wildman–Crippen MR) is 134 cm³/mol. The molecule has 5 rings (SSSR count). The van der Waals surface area contributed by atoms with E-state index in [0.717, 1.165) is 17.1 Å². The summed E-state index contributed by atoms with van der Waals surface area (Å²) in [6.45, 7) is 0. The van der Waals surface area contributed by atoms with Gasteiger partial charge < -0.3 is 4.90 Å². The second kappa shape index (κ2) is 9.34. The van der Waals surface area contributed by atoms with Crippen molar-refractivity contribution in [2.45, 2.75) is 0 Å². The monoisotopic (exact) mass is 413 g/mol. The molecule has 0 amide bonds. The van der Waals surface area contributed by atoms with Gasteiger partial charge in [0.1, 0.15) is 17.1 Å². The first-order valence-corrected chi connectivity index (χ1v) is 10.9. The van der Waals surface area contributed by atoms with Gasteiger partial charge in [0.05, 0.1) is 0 Å². The molecule has 0 spiro atoms. The number of nitrogens with zero attached hydrogens (tertiary/aromatic N) is 1. The first-order valence-electron chi connectivity index (χ1n) is 10.9. The van der Waals surface area contributed by atoms with Crippen LogP contribution in [0.4, 0.5) is 34.1 Å². The highest BCUT2D eigenvalue weighted by molar-refractivity contribution is 5.76. The molecule has 2 nitrogen and oxygen atoms in total. The molecule has 5 aromatic carbocycles. The standard InChI is InChI=1S/C30H24N2/c1-5-13-25(14-6-1)31(26-15-7-2-8-16-26)29-21-23-30(24-22-29)32(27-17-9-3-10-18-27)28-19-11-4-12-20-28/h1-24H/p+1. The molecule has 0 atom stereocenters. The quantitative estimate of drug-likeness (QED) is 0.306. The molecule has 0 unspecified atom stereocenters. The SMILES string of the molecule is c1ccc(N(c2ccccc2)c2ccc([NH+](c3ccccc3)c3ccccc3)cc2)cc1. The lowest BCUT2D eigenvalue weighted by atomic mass is 10.1. The van der Waals surface area contributed by atoms with Crippen molar-refractivity contribution < 1.29 is 4.90 Å². The van der Waals surface area contributed by atoms with E-state index in [4.69, 9.17) is 0 Å². The van der Waals surface area contributed by atoms with Crippen LogP contribution in [0.1, 0.15) is 0 Å². The van der Waals surface area contributed by atoms with Crippen molar-refractivity contribution in [1.29, 1.82) is 0 Å². The van der Waals surface area contributed by atoms with E-state index in [-0.39, 0.29) is 0 Å². The van der Waals surface area contributed by atoms with Crippen molar-refractivity contribution >= 4 is 34.1 Å². The largest absolute Gasteiger partial charge is 0.310 e. The van der Waals surface area contributed by atoms with Gasteiger partial charge in [0, 0.05) is 29.2 Å². The Morgan fingerprint density at radius 2 is 0.625 bits per heavy atom. The van der Waals surface area contributed by atoms with Gasteiger partial charge in [0.25, 0.3) is 0 Å². The molecule has 0 saturated heterocycles. The van der Waals surface area contributed by atoms with E-state index in [1.807, 2.05) is 0 Å². The van der Waals surface area contributed by atoms with E-state index in [2.05, 4.69) is 150 Å². The van der Waals surface area contributed by atoms with Gasteiger partial charge in [-0.3, -0.25) is 0 Å². The lowest BCUT2D eigenvalue weighted by Gasteiger charge is -2.26. The van der Waals surface area contributed by atoms with Gasteiger partial charge in [0.2, 0.25) is 0 Å². The van der Waals surface area contributed by atoms with Gasteiger partial charge in [0.15, 0.2) is 0 Å². The van der Waals surface area contributed by atoms with Crippen molar-refractivity contribution in [2.24, 2.45) is 0 Å². The number of quaternary nitrogens is 1. The Hall–Kier alpha value is -4.14. The van der Waals surface area contributed by atoms with Crippen molar-refractivity contribution in [3.63, 3.8) is 0 Å². The Morgan fingerprint density at radius 1 is 0.312 bits per heavy atom. The molecule has 2 heteroatoms. The average molecular weight is 414 g/mol. The molecular formula is C30H25N2+. The molecule has 0 heterocycles. The van der Waals surface area contributed by atoms with Gasteiger partial charge in [-0.1, -0.05) is 72.8 Å². The van der Waals surface area contributed by atoms with Crippen LogP contribution in [-0.4, -0.2) is 0 Å². The number of hydrogen-bond acceptors (Lipinski definition) is 1. The Morgan fingerprint density at radius 3 is 1.03 bits per heavy atom. The Balaban J connectivity index is 1.57. The molecule has 0 fully saturated rings. The summed E-state index contributed by atoms with van der Waals surface area (Å²) in [5.74, 6) is 0. The Labute approximate surface area is 189 Å². The summed E-state index contributed by atoms with van der Waals surface area (Å²) in [5, 5.41) is 0. The molecule has 0 aliphatic carbocycles. The second-order valence-corrected chi connectivity index (χ2v) is 7.66. The fourth-order valence-electron chi connectivity index (χ4n) is 4.09. The van der Waals surface area contributed by atoms with Crippen LogP contribution in [0.5, 0.6) is 0 Å². The van der Waals surface area contributed by atoms with E-state index >= 15 is 0 Å². The Bertz CT molecular complexity index is 1060. The van der Waals surface area contributed by atoms with E-state index < -0.39 is 0 Å². The maximum Gasteiger partial charge on any atom is 0.141 e. The fourth-order valence-corrected chi connectivity index (χ4v) is 4.09. The minimum atomic E-state index is 1.13. The number of nitrogens with one attached hydrogen (secondary N) is 1. The zero-order valence-electron chi connectivity index (χ0n) is 17.8. The summed E-state index contributed by atoms with van der Waals surface area (Å²) in [6, 6.07) is 51.1. The van der Waals surface area contributed by atoms with E-state index in [9.17, 15) is 0 Å². The normalized spacial score (nSPS) is 10.8. The van der Waals surface area contributed by atoms with Crippen LogP contribution < -0.4 is 9.80 Å². The predicted octanol–water partition coefficient (Wildman–Crippen LogP) is 7.34. The third kappa shape index (κ3) is 4.18. The summed E-state index contributed by atoms with van der Waals surface area (Å²) in [7, 11) is 0. The highest BCUT2D eigenvalue weighted by atomic mass is 15.2. The van der Waals surface area contributed by atoms with Crippen molar-refractivity contribution in [1.82, 2.24) is 0 Å². The average Bonchev–Trinajstić information content (AvgIpc) is 2.88. The zero-order chi connectivity index (χ0) is 21.6. The van der Waals surface area contributed by atoms with Gasteiger partial charge in [-0.15, -0.1) is 0 Å². The molecule has 0 bridgehead atoms. The lowest BCUT2D eigenvalue weighted by molar-refractivity contribution is -0.681. The minimum absolute atomic E-state index is 1.13. The first-order chi connectivity index (χ1) is 15.9. The number of rotatable bonds is 6. The van der Waals surface area contributed by atoms with Crippen LogP contribution in [0.2, 0.25) is 0 Å². The first kappa shape index (κ1) is 19.8. The molecule has 32 heavy (non-hydrogen) atoms. The summed E-state index contributed by atoms with van der Waals surface area (Å²) >= 11 is 0. The van der Waals surface area contributed by atoms with Gasteiger partial charge in [-0.05, 0) is 60.7 Å². The summed E-state index contributed by atoms with van der Waals surface area (Å²) in [5.41, 5.74) is 7.05. The summed E-state index contributed by atoms with van der Waals surface area (Å²) < 4.78 is 0. The van der Waals surface area contributed by atoms with Crippen molar-refractivity contribution in [3.8, 4) is 0 Å². The van der Waals surface area contributed by atoms with Crippen LogP contribution >= 0.6 is 0 Å². The molecule has 0 aliphatic rings. The van der Waals surface area contributed by atoms with Crippen LogP contribution in [0, 0.1) is 0 Å². The van der Waals surface area contributed by atoms with Gasteiger partial charge >= 0.3 is 0 Å². The highest BCUT2D eigenvalue weighted by Gasteiger charge is 2.19. The number of hydrogen-bond donors (Lipinski definition) is 1. The summed E-state index contributed by atoms with van der Waals surface area (Å²) in [4.78, 5) is 3.53. The lowest BCUT2D eigenvalue weighted by Crippen LogP contribution is -2.96. The molecular weight excluding hydrogens is 388 g/mol. The van der Waals surface area contributed by atoms with Crippen LogP contribution in [-0.2, 0) is 0 Å². The molecule has 1 N–H and O–H groups in total. The third-order valence-electron chi connectivity index (χ3n) is 5.57. The van der Waals surface area contributed by atoms with Gasteiger partial charge in [-0.25, -0.2) is 4.90 Å². The minimum Gasteiger partial charge on any atom is -0.310 e. The second-order valence-electron chi connectivity index (χ2n) is 7.66. The number of para-hydroxylation sites is 4. The topological polar surface area (TPSA) is 7.68 Å². The Kier molecular flexibility index (Phi) is 5.78. The van der Waals surface area contributed by atoms with E-state index in [1.54, 1.807) is 0 Å². The highest BCUT2D eigenvalue weighted by Crippen LogP contribution is 2.34. The maximum atomic E-state index is 2.29. The van der Waals surface area contributed by atoms with Crippen LogP contribution in [0.3, 0.4) is 0 Å².